The molecule has 0 amide bonds. The van der Waals surface area contributed by atoms with Crippen molar-refractivity contribution in [1.82, 2.24) is 0 Å². The summed E-state index contributed by atoms with van der Waals surface area (Å²) >= 11 is 0. The maximum absolute atomic E-state index is 8.10. The van der Waals surface area contributed by atoms with E-state index in [1.165, 1.54) is 5.47 Å². The smallest absolute Gasteiger partial charge is 0.401 e. The summed E-state index contributed by atoms with van der Waals surface area (Å²) in [6, 6.07) is 19.8. The van der Waals surface area contributed by atoms with Gasteiger partial charge in [-0.05, 0) is 38.0 Å². The third kappa shape index (κ3) is 2.79. The minimum absolute atomic E-state index is 0.0822. The fourth-order valence-electron chi connectivity index (χ4n) is 4.41. The lowest BCUT2D eigenvalue weighted by Crippen LogP contribution is -2.62. The van der Waals surface area contributed by atoms with Gasteiger partial charge in [-0.2, -0.15) is 0 Å². The van der Waals surface area contributed by atoms with E-state index in [1.54, 1.807) is 6.20 Å². The van der Waals surface area contributed by atoms with Gasteiger partial charge in [0.05, 0.1) is 0 Å². The van der Waals surface area contributed by atoms with Gasteiger partial charge in [-0.25, -0.2) is 4.57 Å². The van der Waals surface area contributed by atoms with Crippen LogP contribution < -0.4 is 15.0 Å². The van der Waals surface area contributed by atoms with Crippen LogP contribution in [0.5, 0.6) is 0 Å². The molecule has 5 rings (SSSR count). The number of benzene rings is 2. The lowest BCUT2D eigenvalue weighted by molar-refractivity contribution is -0.654. The Morgan fingerprint density at radius 2 is 1.83 bits per heavy atom. The van der Waals surface area contributed by atoms with Gasteiger partial charge in [0.25, 0.3) is 0 Å². The van der Waals surface area contributed by atoms with Gasteiger partial charge in [-0.3, -0.25) is 0 Å². The number of nitrogens with zero attached hydrogens (tertiary/aromatic N) is 2. The highest BCUT2D eigenvalue weighted by molar-refractivity contribution is 6.82. The van der Waals surface area contributed by atoms with Gasteiger partial charge < -0.3 is 9.23 Å². The maximum Gasteiger partial charge on any atom is 0.401 e. The first-order chi connectivity index (χ1) is 15.3. The van der Waals surface area contributed by atoms with E-state index in [0.717, 1.165) is 39.1 Å². The van der Waals surface area contributed by atoms with Crippen LogP contribution in [0.1, 0.15) is 22.2 Å². The minimum atomic E-state index is -2.21. The first-order valence-electron chi connectivity index (χ1n) is 11.3. The number of pyridine rings is 1. The van der Waals surface area contributed by atoms with E-state index >= 15 is 0 Å². The van der Waals surface area contributed by atoms with E-state index in [1.807, 2.05) is 73.3 Å². The summed E-state index contributed by atoms with van der Waals surface area (Å²) < 4.78 is 32.4. The molecule has 4 heteroatoms. The van der Waals surface area contributed by atoms with Gasteiger partial charge in [-0.15, -0.1) is 0 Å². The molecule has 3 heterocycles. The Bertz CT molecular complexity index is 1360. The van der Waals surface area contributed by atoms with Gasteiger partial charge in [-0.1, -0.05) is 60.1 Å². The van der Waals surface area contributed by atoms with Crippen molar-refractivity contribution in [3.05, 3.63) is 83.5 Å². The molecule has 142 valence electrons. The van der Waals surface area contributed by atoms with Gasteiger partial charge in [0.1, 0.15) is 12.6 Å². The summed E-state index contributed by atoms with van der Waals surface area (Å²) in [7, 11) is 3.94. The maximum atomic E-state index is 8.10. The van der Waals surface area contributed by atoms with Crippen molar-refractivity contribution in [2.24, 2.45) is 7.05 Å². The second kappa shape index (κ2) is 6.66. The molecular weight excluding hydrogens is 355 g/mol. The molecule has 0 aliphatic carbocycles. The zero-order valence-corrected chi connectivity index (χ0v) is 16.8. The average molecular weight is 382 g/mol. The number of fused-ring (bicyclic) bond motifs is 3. The minimum Gasteiger partial charge on any atom is -0.441 e. The molecule has 4 aromatic rings. The van der Waals surface area contributed by atoms with Crippen molar-refractivity contribution < 1.29 is 13.1 Å². The number of rotatable bonds is 2. The van der Waals surface area contributed by atoms with Crippen LogP contribution in [-0.2, 0) is 7.05 Å². The average Bonchev–Trinajstić information content (AvgIpc) is 3.13. The molecule has 0 radical (unpaired) electrons. The molecule has 0 spiro atoms. The second-order valence-corrected chi connectivity index (χ2v) is 7.72. The van der Waals surface area contributed by atoms with E-state index in [0.29, 0.717) is 5.56 Å². The summed E-state index contributed by atoms with van der Waals surface area (Å²) in [6.45, 7) is -0.177. The Morgan fingerprint density at radius 1 is 1.07 bits per heavy atom. The molecule has 0 saturated heterocycles. The molecule has 0 N–H and O–H groups in total. The molecular formula is C25H24BN2O+. The Balaban J connectivity index is 1.70. The van der Waals surface area contributed by atoms with Crippen LogP contribution in [0.25, 0.3) is 28.2 Å². The van der Waals surface area contributed by atoms with E-state index in [-0.39, 0.29) is 6.85 Å². The number of anilines is 1. The van der Waals surface area contributed by atoms with Gasteiger partial charge in [0.2, 0.25) is 0 Å². The summed E-state index contributed by atoms with van der Waals surface area (Å²) in [6.07, 6.45) is 3.94. The van der Waals surface area contributed by atoms with Crippen molar-refractivity contribution in [3.8, 4) is 11.1 Å². The second-order valence-electron chi connectivity index (χ2n) is 7.72. The molecule has 0 saturated carbocycles. The Kier molecular flexibility index (Phi) is 3.38. The third-order valence-corrected chi connectivity index (χ3v) is 5.80. The van der Waals surface area contributed by atoms with E-state index in [9.17, 15) is 0 Å². The van der Waals surface area contributed by atoms with Crippen LogP contribution in [0.3, 0.4) is 0 Å². The molecule has 0 bridgehead atoms. The number of para-hydroxylation sites is 1. The molecule has 1 aliphatic rings. The number of hydrogen-bond acceptors (Lipinski definition) is 2. The van der Waals surface area contributed by atoms with E-state index < -0.39 is 6.85 Å². The number of hydrogen-bond donors (Lipinski definition) is 0. The lowest BCUT2D eigenvalue weighted by Gasteiger charge is -2.28. The van der Waals surface area contributed by atoms with Crippen LogP contribution in [0.2, 0.25) is 0 Å². The van der Waals surface area contributed by atoms with Crippen LogP contribution in [0.15, 0.2) is 76.8 Å². The number of allylic oxidation sites excluding steroid dienone is 1. The first kappa shape index (κ1) is 14.7. The van der Waals surface area contributed by atoms with Crippen molar-refractivity contribution in [2.45, 2.75) is 13.8 Å². The molecule has 0 fully saturated rings. The fraction of sp³-hybridized carbons (Fsp3) is 0.160. The zero-order chi connectivity index (χ0) is 22.6. The topological polar surface area (TPSA) is 20.3 Å². The summed E-state index contributed by atoms with van der Waals surface area (Å²) in [5.74, 6) is 0.822. The Morgan fingerprint density at radius 3 is 2.62 bits per heavy atom. The highest BCUT2D eigenvalue weighted by Gasteiger charge is 2.39. The SMILES string of the molecule is [2H]C([2H])([2H])c1c[n+](C)c(B2C(C)=Cc3c(oc4ccccc34)N2C)cc1-c1ccccc1. The Hall–Kier alpha value is -3.27. The summed E-state index contributed by atoms with van der Waals surface area (Å²) in [4.78, 5) is 2.14. The van der Waals surface area contributed by atoms with Crippen LogP contribution >= 0.6 is 0 Å². The van der Waals surface area contributed by atoms with Crippen molar-refractivity contribution in [2.75, 3.05) is 11.9 Å². The molecule has 1 aliphatic heterocycles. The molecule has 2 aromatic carbocycles. The molecule has 29 heavy (non-hydrogen) atoms. The highest BCUT2D eigenvalue weighted by atomic mass is 16.4. The number of aromatic nitrogens is 1. The lowest BCUT2D eigenvalue weighted by atomic mass is 9.49. The largest absolute Gasteiger partial charge is 0.441 e. The molecule has 0 unspecified atom stereocenters. The predicted molar refractivity (Wildman–Crippen MR) is 121 cm³/mol. The zero-order valence-electron chi connectivity index (χ0n) is 19.8. The quantitative estimate of drug-likeness (QED) is 0.375. The normalized spacial score (nSPS) is 15.6. The summed E-state index contributed by atoms with van der Waals surface area (Å²) in [5, 5.41) is 1.10. The van der Waals surface area contributed by atoms with Gasteiger partial charge in [0.15, 0.2) is 17.7 Å². The standard InChI is InChI=1S/C25H24BN2O/c1-17-16-27(3)24(15-21(17)19-10-6-5-7-11-19)26-18(2)14-22-20-12-8-9-13-23(20)29-25(22)28(26)4/h5-16H,1-4H3/q+1/i1D3. The van der Waals surface area contributed by atoms with Gasteiger partial charge >= 0.3 is 6.85 Å². The number of aryl methyl sites for hydroxylation is 2. The predicted octanol–water partition coefficient (Wildman–Crippen LogP) is 4.52. The van der Waals surface area contributed by atoms with Crippen LogP contribution in [-0.4, -0.2) is 13.9 Å². The monoisotopic (exact) mass is 382 g/mol. The first-order valence-corrected chi connectivity index (χ1v) is 9.78. The van der Waals surface area contributed by atoms with Crippen LogP contribution in [0.4, 0.5) is 5.88 Å². The molecule has 0 atom stereocenters. The van der Waals surface area contributed by atoms with Crippen LogP contribution in [0, 0.1) is 6.85 Å². The van der Waals surface area contributed by atoms with Crippen molar-refractivity contribution >= 4 is 35.4 Å². The van der Waals surface area contributed by atoms with Crippen molar-refractivity contribution in [1.29, 1.82) is 0 Å². The Labute approximate surface area is 176 Å². The van der Waals surface area contributed by atoms with E-state index in [4.69, 9.17) is 8.53 Å². The highest BCUT2D eigenvalue weighted by Crippen LogP contribution is 2.38. The number of furan rings is 1. The molecule has 2 aromatic heterocycles. The fourth-order valence-corrected chi connectivity index (χ4v) is 4.41. The third-order valence-electron chi connectivity index (χ3n) is 5.80. The van der Waals surface area contributed by atoms with E-state index in [2.05, 4.69) is 23.9 Å². The molecule has 3 nitrogen and oxygen atoms in total. The summed E-state index contributed by atoms with van der Waals surface area (Å²) in [5.41, 5.74) is 6.09. The van der Waals surface area contributed by atoms with Crippen molar-refractivity contribution in [3.63, 3.8) is 0 Å². The van der Waals surface area contributed by atoms with Gasteiger partial charge in [0, 0.05) is 26.7 Å².